The van der Waals surface area contributed by atoms with Crippen molar-refractivity contribution in [2.24, 2.45) is 0 Å². The second-order valence-corrected chi connectivity index (χ2v) is 11.1. The Morgan fingerprint density at radius 2 is 1.78 bits per heavy atom. The number of amides is 3. The van der Waals surface area contributed by atoms with Gasteiger partial charge in [0.1, 0.15) is 17.6 Å². The van der Waals surface area contributed by atoms with E-state index in [0.29, 0.717) is 29.4 Å². The van der Waals surface area contributed by atoms with Gasteiger partial charge < -0.3 is 39.0 Å². The number of ether oxygens (including phenoxy) is 4. The summed E-state index contributed by atoms with van der Waals surface area (Å²) in [4.78, 5) is 52.9. The number of rotatable bonds is 5. The molecule has 1 fully saturated rings. The maximum Gasteiger partial charge on any atom is 0.258 e. The van der Waals surface area contributed by atoms with Crippen molar-refractivity contribution in [1.29, 1.82) is 0 Å². The number of carbonyl (C=O) groups is 3. The largest absolute Gasteiger partial charge is 0.496 e. The molecule has 1 aromatic heterocycles. The molecule has 4 bridgehead atoms. The van der Waals surface area contributed by atoms with Gasteiger partial charge in [0.15, 0.2) is 18.1 Å². The Hall–Kier alpha value is -5.00. The molecule has 3 amide bonds. The molecule has 2 N–H and O–H groups in total. The molecule has 45 heavy (non-hydrogen) atoms. The topological polar surface area (TPSA) is 137 Å². The lowest BCUT2D eigenvalue weighted by Gasteiger charge is -2.22. The van der Waals surface area contributed by atoms with Crippen LogP contribution in [0.2, 0.25) is 0 Å². The highest BCUT2D eigenvalue weighted by Crippen LogP contribution is 2.30. The molecule has 2 atom stereocenters. The van der Waals surface area contributed by atoms with Crippen LogP contribution in [0.4, 0.5) is 0 Å². The molecular weight excluding hydrogens is 580 g/mol. The molecule has 6 heterocycles. The normalized spacial score (nSPS) is 18.7. The average Bonchev–Trinajstić information content (AvgIpc) is 3.43. The van der Waals surface area contributed by atoms with E-state index in [1.165, 1.54) is 13.2 Å². The fraction of sp³-hybridized carbons (Fsp3) is 0.394. The fourth-order valence-corrected chi connectivity index (χ4v) is 5.55. The molecule has 0 aliphatic carbocycles. The third-order valence-corrected chi connectivity index (χ3v) is 8.03. The minimum atomic E-state index is -0.575. The summed E-state index contributed by atoms with van der Waals surface area (Å²) in [7, 11) is 3.05. The van der Waals surface area contributed by atoms with Gasteiger partial charge in [-0.3, -0.25) is 19.2 Å². The highest BCUT2D eigenvalue weighted by Gasteiger charge is 2.38. The predicted molar refractivity (Wildman–Crippen MR) is 165 cm³/mol. The first-order valence-electron chi connectivity index (χ1n) is 14.9. The van der Waals surface area contributed by atoms with Crippen molar-refractivity contribution < 1.29 is 33.3 Å². The lowest BCUT2D eigenvalue weighted by atomic mass is 10.1. The number of pyridine rings is 1. The number of hydrogen-bond donors (Lipinski definition) is 2. The zero-order chi connectivity index (χ0) is 31.9. The van der Waals surface area contributed by atoms with E-state index < -0.39 is 12.1 Å². The van der Waals surface area contributed by atoms with E-state index in [4.69, 9.17) is 18.9 Å². The van der Waals surface area contributed by atoms with Crippen LogP contribution < -0.4 is 35.1 Å². The molecule has 2 aromatic carbocycles. The number of carbonyl (C=O) groups excluding carboxylic acids is 3. The van der Waals surface area contributed by atoms with Crippen LogP contribution in [0.3, 0.4) is 0 Å². The van der Waals surface area contributed by atoms with Gasteiger partial charge in [-0.15, -0.1) is 0 Å². The minimum absolute atomic E-state index is 0.116. The third kappa shape index (κ3) is 7.75. The Bertz CT molecular complexity index is 1620. The summed E-state index contributed by atoms with van der Waals surface area (Å²) in [6, 6.07) is 15.1. The second kappa shape index (κ2) is 14.2. The van der Waals surface area contributed by atoms with E-state index in [-0.39, 0.29) is 68.9 Å². The van der Waals surface area contributed by atoms with Crippen molar-refractivity contribution in [1.82, 2.24) is 20.1 Å². The van der Waals surface area contributed by atoms with Gasteiger partial charge in [-0.1, -0.05) is 12.1 Å². The molecule has 0 saturated carbocycles. The SMILES string of the molecule is COc1cc2ccc1CNC(=O)CCc1ccc(c(OC)c1)OCC(=O)N[C@@H]1CN(C(=O)CCn3c(C)cccc3=O)C[C@H]1O2. The molecule has 5 aliphatic rings. The van der Waals surface area contributed by atoms with Gasteiger partial charge in [-0.25, -0.2) is 0 Å². The maximum atomic E-state index is 13.3. The number of methoxy groups -OCH3 is 2. The van der Waals surface area contributed by atoms with Crippen LogP contribution >= 0.6 is 0 Å². The Morgan fingerprint density at radius 3 is 2.56 bits per heavy atom. The molecule has 0 radical (unpaired) electrons. The highest BCUT2D eigenvalue weighted by molar-refractivity contribution is 5.79. The Balaban J connectivity index is 1.37. The van der Waals surface area contributed by atoms with Gasteiger partial charge in [0.2, 0.25) is 11.8 Å². The zero-order valence-electron chi connectivity index (χ0n) is 25.7. The van der Waals surface area contributed by atoms with Gasteiger partial charge in [-0.05, 0) is 49.2 Å². The molecule has 1 saturated heterocycles. The lowest BCUT2D eigenvalue weighted by molar-refractivity contribution is -0.131. The first kappa shape index (κ1) is 31.4. The van der Waals surface area contributed by atoms with E-state index in [2.05, 4.69) is 10.6 Å². The Morgan fingerprint density at radius 1 is 0.956 bits per heavy atom. The monoisotopic (exact) mass is 618 g/mol. The first-order valence-corrected chi connectivity index (χ1v) is 14.9. The maximum absolute atomic E-state index is 13.3. The highest BCUT2D eigenvalue weighted by atomic mass is 16.5. The van der Waals surface area contributed by atoms with Crippen molar-refractivity contribution in [3.05, 3.63) is 81.8 Å². The smallest absolute Gasteiger partial charge is 0.258 e. The number of nitrogens with zero attached hydrogens (tertiary/aromatic N) is 2. The van der Waals surface area contributed by atoms with Crippen LogP contribution in [-0.4, -0.2) is 73.3 Å². The molecule has 8 rings (SSSR count). The van der Waals surface area contributed by atoms with Gasteiger partial charge in [0.05, 0.1) is 26.8 Å². The standard InChI is InChI=1S/C33H38N4O8/c1-21-5-4-6-33(41)37(21)14-13-32(40)36-18-25-29(19-36)45-24-10-9-23(27(16-24)42-2)17-34-30(38)12-8-22-7-11-26(28(15-22)43-3)44-20-31(39)35-25/h4-7,9-11,15-16,25,29H,8,12-14,17-20H2,1-3H3,(H,34,38)(H,35,39)/t25-,29-/m1/s1. The second-order valence-electron chi connectivity index (χ2n) is 11.1. The summed E-state index contributed by atoms with van der Waals surface area (Å²) in [6.45, 7) is 2.50. The predicted octanol–water partition coefficient (Wildman–Crippen LogP) is 1.98. The Kier molecular flexibility index (Phi) is 9.91. The van der Waals surface area contributed by atoms with Crippen molar-refractivity contribution in [3.63, 3.8) is 0 Å². The zero-order valence-corrected chi connectivity index (χ0v) is 25.7. The molecule has 238 valence electrons. The van der Waals surface area contributed by atoms with Crippen LogP contribution in [-0.2, 0) is 33.9 Å². The number of benzene rings is 2. The number of aryl methyl sites for hydroxylation is 2. The Labute approximate surface area is 261 Å². The molecule has 0 spiro atoms. The average molecular weight is 619 g/mol. The van der Waals surface area contributed by atoms with E-state index in [9.17, 15) is 19.2 Å². The quantitative estimate of drug-likeness (QED) is 0.443. The minimum Gasteiger partial charge on any atom is -0.496 e. The molecule has 3 aromatic rings. The van der Waals surface area contributed by atoms with E-state index in [1.807, 2.05) is 25.1 Å². The van der Waals surface area contributed by atoms with Gasteiger partial charge in [-0.2, -0.15) is 0 Å². The summed E-state index contributed by atoms with van der Waals surface area (Å²) >= 11 is 0. The number of nitrogens with one attached hydrogen (secondary N) is 2. The van der Waals surface area contributed by atoms with Crippen molar-refractivity contribution in [2.45, 2.75) is 51.4 Å². The van der Waals surface area contributed by atoms with E-state index in [0.717, 1.165) is 16.8 Å². The molecule has 5 aliphatic heterocycles. The van der Waals surface area contributed by atoms with Gasteiger partial charge >= 0.3 is 0 Å². The number of aromatic nitrogens is 1. The summed E-state index contributed by atoms with van der Waals surface area (Å²) in [6.07, 6.45) is 0.307. The lowest BCUT2D eigenvalue weighted by Crippen LogP contribution is -2.46. The van der Waals surface area contributed by atoms with Crippen LogP contribution in [0.25, 0.3) is 0 Å². The van der Waals surface area contributed by atoms with Crippen molar-refractivity contribution in [3.8, 4) is 23.0 Å². The van der Waals surface area contributed by atoms with Crippen LogP contribution in [0.15, 0.2) is 59.4 Å². The molecule has 12 heteroatoms. The number of hydrogen-bond acceptors (Lipinski definition) is 8. The third-order valence-electron chi connectivity index (χ3n) is 8.03. The number of likely N-dealkylation sites (tertiary alicyclic amines) is 1. The molecular formula is C33H38N4O8. The van der Waals surface area contributed by atoms with Crippen molar-refractivity contribution >= 4 is 17.7 Å². The van der Waals surface area contributed by atoms with Crippen LogP contribution in [0, 0.1) is 6.92 Å². The summed E-state index contributed by atoms with van der Waals surface area (Å²) in [5.74, 6) is 1.20. The molecule has 0 unspecified atom stereocenters. The summed E-state index contributed by atoms with van der Waals surface area (Å²) in [5, 5.41) is 5.91. The summed E-state index contributed by atoms with van der Waals surface area (Å²) in [5.41, 5.74) is 2.27. The fourth-order valence-electron chi connectivity index (χ4n) is 5.55. The van der Waals surface area contributed by atoms with E-state index >= 15 is 0 Å². The van der Waals surface area contributed by atoms with E-state index in [1.54, 1.807) is 46.9 Å². The van der Waals surface area contributed by atoms with Crippen LogP contribution in [0.1, 0.15) is 29.7 Å². The van der Waals surface area contributed by atoms with Crippen LogP contribution in [0.5, 0.6) is 23.0 Å². The summed E-state index contributed by atoms with van der Waals surface area (Å²) < 4.78 is 24.7. The van der Waals surface area contributed by atoms with Gasteiger partial charge in [0.25, 0.3) is 11.5 Å². The molecule has 12 nitrogen and oxygen atoms in total. The van der Waals surface area contributed by atoms with Crippen molar-refractivity contribution in [2.75, 3.05) is 33.9 Å². The first-order chi connectivity index (χ1) is 21.7. The van der Waals surface area contributed by atoms with Gasteiger partial charge in [0, 0.05) is 55.9 Å².